The van der Waals surface area contributed by atoms with Gasteiger partial charge in [0.2, 0.25) is 0 Å². The Balaban J connectivity index is 1.96. The number of aryl methyl sites for hydroxylation is 1. The van der Waals surface area contributed by atoms with Crippen LogP contribution in [-0.4, -0.2) is 29.6 Å². The monoisotopic (exact) mass is 248 g/mol. The topological polar surface area (TPSA) is 49.8 Å². The van der Waals surface area contributed by atoms with Crippen molar-refractivity contribution in [1.29, 1.82) is 0 Å². The van der Waals surface area contributed by atoms with E-state index in [1.165, 1.54) is 25.7 Å². The Bertz CT molecular complexity index is 366. The summed E-state index contributed by atoms with van der Waals surface area (Å²) in [5.74, 6) is 1.77. The van der Waals surface area contributed by atoms with Crippen molar-refractivity contribution in [3.63, 3.8) is 0 Å². The first-order valence-corrected chi connectivity index (χ1v) is 6.98. The summed E-state index contributed by atoms with van der Waals surface area (Å²) < 4.78 is 0. The SMILES string of the molecule is CCCC1(CNc2ccnc(C)n2)CCCNC1. The van der Waals surface area contributed by atoms with E-state index in [0.29, 0.717) is 5.41 Å². The maximum Gasteiger partial charge on any atom is 0.129 e. The summed E-state index contributed by atoms with van der Waals surface area (Å²) in [4.78, 5) is 8.53. The number of aromatic nitrogens is 2. The van der Waals surface area contributed by atoms with E-state index in [9.17, 15) is 0 Å². The number of rotatable bonds is 5. The molecule has 1 atom stereocenters. The van der Waals surface area contributed by atoms with Crippen molar-refractivity contribution in [2.24, 2.45) is 5.41 Å². The van der Waals surface area contributed by atoms with E-state index in [1.807, 2.05) is 19.2 Å². The Morgan fingerprint density at radius 1 is 1.50 bits per heavy atom. The van der Waals surface area contributed by atoms with E-state index in [1.54, 1.807) is 0 Å². The molecule has 1 aromatic heterocycles. The molecule has 1 aliphatic heterocycles. The molecule has 1 saturated heterocycles. The molecule has 0 amide bonds. The average Bonchev–Trinajstić information content (AvgIpc) is 2.38. The maximum atomic E-state index is 4.41. The third-order valence-corrected chi connectivity index (χ3v) is 3.76. The zero-order valence-electron chi connectivity index (χ0n) is 11.5. The Labute approximate surface area is 110 Å². The summed E-state index contributed by atoms with van der Waals surface area (Å²) in [6.07, 6.45) is 6.93. The fraction of sp³-hybridized carbons (Fsp3) is 0.714. The van der Waals surface area contributed by atoms with Gasteiger partial charge >= 0.3 is 0 Å². The van der Waals surface area contributed by atoms with Gasteiger partial charge in [-0.2, -0.15) is 0 Å². The normalized spacial score (nSPS) is 23.9. The first kappa shape index (κ1) is 13.3. The fourth-order valence-electron chi connectivity index (χ4n) is 2.85. The summed E-state index contributed by atoms with van der Waals surface area (Å²) in [6, 6.07) is 1.95. The van der Waals surface area contributed by atoms with Crippen LogP contribution in [0.1, 0.15) is 38.4 Å². The number of nitrogens with one attached hydrogen (secondary N) is 2. The molecule has 0 radical (unpaired) electrons. The smallest absolute Gasteiger partial charge is 0.129 e. The first-order chi connectivity index (χ1) is 8.74. The van der Waals surface area contributed by atoms with Gasteiger partial charge in [0, 0.05) is 24.7 Å². The van der Waals surface area contributed by atoms with Gasteiger partial charge in [-0.3, -0.25) is 0 Å². The highest BCUT2D eigenvalue weighted by molar-refractivity contribution is 5.33. The summed E-state index contributed by atoms with van der Waals surface area (Å²) in [5, 5.41) is 7.03. The van der Waals surface area contributed by atoms with Crippen molar-refractivity contribution < 1.29 is 0 Å². The number of hydrogen-bond donors (Lipinski definition) is 2. The van der Waals surface area contributed by atoms with Gasteiger partial charge in [-0.1, -0.05) is 13.3 Å². The van der Waals surface area contributed by atoms with Gasteiger partial charge in [-0.05, 0) is 38.8 Å². The third-order valence-electron chi connectivity index (χ3n) is 3.76. The van der Waals surface area contributed by atoms with E-state index in [4.69, 9.17) is 0 Å². The van der Waals surface area contributed by atoms with Gasteiger partial charge < -0.3 is 10.6 Å². The molecule has 2 heterocycles. The van der Waals surface area contributed by atoms with Gasteiger partial charge in [0.15, 0.2) is 0 Å². The van der Waals surface area contributed by atoms with Gasteiger partial charge in [0.1, 0.15) is 11.6 Å². The molecule has 1 unspecified atom stereocenters. The van der Waals surface area contributed by atoms with Crippen LogP contribution >= 0.6 is 0 Å². The minimum atomic E-state index is 0.395. The number of nitrogens with zero attached hydrogens (tertiary/aromatic N) is 2. The second kappa shape index (κ2) is 6.14. The predicted octanol–water partition coefficient (Wildman–Crippen LogP) is 2.37. The largest absolute Gasteiger partial charge is 0.369 e. The molecule has 18 heavy (non-hydrogen) atoms. The van der Waals surface area contributed by atoms with Crippen molar-refractivity contribution in [3.05, 3.63) is 18.1 Å². The molecule has 4 nitrogen and oxygen atoms in total. The van der Waals surface area contributed by atoms with Crippen LogP contribution in [0.4, 0.5) is 5.82 Å². The molecule has 2 N–H and O–H groups in total. The molecule has 1 aromatic rings. The van der Waals surface area contributed by atoms with Crippen molar-refractivity contribution in [3.8, 4) is 0 Å². The van der Waals surface area contributed by atoms with E-state index < -0.39 is 0 Å². The van der Waals surface area contributed by atoms with Crippen molar-refractivity contribution >= 4 is 5.82 Å². The van der Waals surface area contributed by atoms with Crippen molar-refractivity contribution in [2.75, 3.05) is 25.0 Å². The van der Waals surface area contributed by atoms with Crippen LogP contribution in [0.5, 0.6) is 0 Å². The summed E-state index contributed by atoms with van der Waals surface area (Å²) in [5.41, 5.74) is 0.395. The van der Waals surface area contributed by atoms with Gasteiger partial charge in [0.05, 0.1) is 0 Å². The molecule has 2 rings (SSSR count). The fourth-order valence-corrected chi connectivity index (χ4v) is 2.85. The van der Waals surface area contributed by atoms with Gasteiger partial charge in [-0.25, -0.2) is 9.97 Å². The third kappa shape index (κ3) is 3.42. The Morgan fingerprint density at radius 3 is 3.06 bits per heavy atom. The average molecular weight is 248 g/mol. The summed E-state index contributed by atoms with van der Waals surface area (Å²) in [6.45, 7) is 7.49. The van der Waals surface area contributed by atoms with Crippen LogP contribution in [0.15, 0.2) is 12.3 Å². The summed E-state index contributed by atoms with van der Waals surface area (Å²) in [7, 11) is 0. The van der Waals surface area contributed by atoms with Crippen LogP contribution in [0, 0.1) is 12.3 Å². The molecule has 0 bridgehead atoms. The molecule has 1 fully saturated rings. The highest BCUT2D eigenvalue weighted by atomic mass is 15.0. The number of piperidine rings is 1. The van der Waals surface area contributed by atoms with Crippen molar-refractivity contribution in [1.82, 2.24) is 15.3 Å². The highest BCUT2D eigenvalue weighted by Crippen LogP contribution is 2.31. The lowest BCUT2D eigenvalue weighted by Crippen LogP contribution is -2.44. The Kier molecular flexibility index (Phi) is 4.53. The van der Waals surface area contributed by atoms with Crippen LogP contribution < -0.4 is 10.6 Å². The maximum absolute atomic E-state index is 4.41. The predicted molar refractivity (Wildman–Crippen MR) is 74.7 cm³/mol. The molecule has 0 aromatic carbocycles. The molecule has 0 saturated carbocycles. The number of anilines is 1. The standard InChI is InChI=1S/C14H24N4/c1-3-6-14(7-4-8-15-10-14)11-17-13-5-9-16-12(2)18-13/h5,9,15H,3-4,6-8,10-11H2,1-2H3,(H,16,17,18). The van der Waals surface area contributed by atoms with Gasteiger partial charge in [-0.15, -0.1) is 0 Å². The quantitative estimate of drug-likeness (QED) is 0.840. The van der Waals surface area contributed by atoms with Crippen LogP contribution in [-0.2, 0) is 0 Å². The molecule has 0 spiro atoms. The summed E-state index contributed by atoms with van der Waals surface area (Å²) >= 11 is 0. The lowest BCUT2D eigenvalue weighted by molar-refractivity contribution is 0.206. The van der Waals surface area contributed by atoms with E-state index in [2.05, 4.69) is 27.5 Å². The zero-order valence-corrected chi connectivity index (χ0v) is 11.5. The molecule has 1 aliphatic rings. The second-order valence-corrected chi connectivity index (χ2v) is 5.37. The molecular weight excluding hydrogens is 224 g/mol. The Morgan fingerprint density at radius 2 is 2.39 bits per heavy atom. The van der Waals surface area contributed by atoms with Crippen LogP contribution in [0.25, 0.3) is 0 Å². The highest BCUT2D eigenvalue weighted by Gasteiger charge is 2.30. The molecule has 100 valence electrons. The van der Waals surface area contributed by atoms with Crippen LogP contribution in [0.3, 0.4) is 0 Å². The molecule has 4 heteroatoms. The second-order valence-electron chi connectivity index (χ2n) is 5.37. The van der Waals surface area contributed by atoms with Crippen molar-refractivity contribution in [2.45, 2.75) is 39.5 Å². The number of hydrogen-bond acceptors (Lipinski definition) is 4. The first-order valence-electron chi connectivity index (χ1n) is 6.98. The van der Waals surface area contributed by atoms with E-state index >= 15 is 0 Å². The molecular formula is C14H24N4. The molecule has 0 aliphatic carbocycles. The minimum absolute atomic E-state index is 0.395. The van der Waals surface area contributed by atoms with E-state index in [-0.39, 0.29) is 0 Å². The Hall–Kier alpha value is -1.16. The van der Waals surface area contributed by atoms with Crippen LogP contribution in [0.2, 0.25) is 0 Å². The lowest BCUT2D eigenvalue weighted by atomic mass is 9.77. The lowest BCUT2D eigenvalue weighted by Gasteiger charge is -2.38. The van der Waals surface area contributed by atoms with Gasteiger partial charge in [0.25, 0.3) is 0 Å². The zero-order chi connectivity index (χ0) is 12.8. The van der Waals surface area contributed by atoms with E-state index in [0.717, 1.165) is 31.3 Å². The minimum Gasteiger partial charge on any atom is -0.369 e.